The summed E-state index contributed by atoms with van der Waals surface area (Å²) in [6.45, 7) is -0.124. The first-order valence-corrected chi connectivity index (χ1v) is 11.9. The number of aryl methyl sites for hydroxylation is 1. The number of benzene rings is 1. The van der Waals surface area contributed by atoms with E-state index in [1.807, 2.05) is 10.8 Å². The SMILES string of the molecule is Cn1c(=O)c(C(=O)NCc2ccc(C#N)cc2)cc2cnnc(OCC3(S(=O)(=O)NC#N)CC3)c21. The Labute approximate surface area is 199 Å². The molecule has 2 N–H and O–H groups in total. The first-order chi connectivity index (χ1) is 16.7. The third-order valence-electron chi connectivity index (χ3n) is 5.80. The van der Waals surface area contributed by atoms with Gasteiger partial charge < -0.3 is 14.6 Å². The molecule has 3 aromatic rings. The number of sulfonamides is 1. The van der Waals surface area contributed by atoms with E-state index in [2.05, 4.69) is 15.5 Å². The molecule has 2 heterocycles. The van der Waals surface area contributed by atoms with Gasteiger partial charge in [0.15, 0.2) is 6.19 Å². The fraction of sp³-hybridized carbons (Fsp3) is 0.273. The molecule has 1 aromatic carbocycles. The van der Waals surface area contributed by atoms with Gasteiger partial charge in [-0.3, -0.25) is 9.59 Å². The van der Waals surface area contributed by atoms with E-state index >= 15 is 0 Å². The van der Waals surface area contributed by atoms with Crippen LogP contribution in [-0.2, 0) is 23.6 Å². The molecule has 0 atom stereocenters. The molecule has 2 aromatic heterocycles. The Bertz CT molecular complexity index is 1560. The number of hydrogen-bond acceptors (Lipinski definition) is 9. The molecule has 35 heavy (non-hydrogen) atoms. The van der Waals surface area contributed by atoms with E-state index in [0.717, 1.165) is 5.56 Å². The molecule has 12 nitrogen and oxygen atoms in total. The number of hydrogen-bond donors (Lipinski definition) is 2. The number of pyridine rings is 1. The monoisotopic (exact) mass is 493 g/mol. The second-order valence-electron chi connectivity index (χ2n) is 8.06. The number of ether oxygens (including phenoxy) is 1. The van der Waals surface area contributed by atoms with Crippen LogP contribution in [0.3, 0.4) is 0 Å². The van der Waals surface area contributed by atoms with E-state index in [1.54, 1.807) is 24.3 Å². The number of nitrogens with one attached hydrogen (secondary N) is 2. The third-order valence-corrected chi connectivity index (χ3v) is 7.83. The predicted octanol–water partition coefficient (Wildman–Crippen LogP) is 0.442. The number of carbonyl (C=O) groups excluding carboxylic acids is 1. The molecule has 13 heteroatoms. The van der Waals surface area contributed by atoms with Gasteiger partial charge in [0.2, 0.25) is 10.0 Å². The van der Waals surface area contributed by atoms with Crippen LogP contribution in [0.15, 0.2) is 41.3 Å². The molecule has 1 aliphatic rings. The molecule has 0 aliphatic heterocycles. The highest BCUT2D eigenvalue weighted by Gasteiger charge is 2.56. The predicted molar refractivity (Wildman–Crippen MR) is 122 cm³/mol. The number of fused-ring (bicyclic) bond motifs is 1. The van der Waals surface area contributed by atoms with Crippen molar-refractivity contribution in [1.82, 2.24) is 24.8 Å². The molecule has 0 unspecified atom stereocenters. The van der Waals surface area contributed by atoms with Gasteiger partial charge in [0.25, 0.3) is 17.3 Å². The summed E-state index contributed by atoms with van der Waals surface area (Å²) in [5.41, 5.74) is 0.773. The molecule has 4 rings (SSSR count). The number of nitrogens with zero attached hydrogens (tertiary/aromatic N) is 5. The Morgan fingerprint density at radius 3 is 2.60 bits per heavy atom. The molecule has 1 amide bonds. The van der Waals surface area contributed by atoms with Crippen LogP contribution in [0, 0.1) is 22.8 Å². The molecule has 0 bridgehead atoms. The van der Waals surface area contributed by atoms with Gasteiger partial charge in [0.05, 0.1) is 17.8 Å². The number of rotatable bonds is 8. The minimum Gasteiger partial charge on any atom is -0.473 e. The van der Waals surface area contributed by atoms with Gasteiger partial charge in [-0.05, 0) is 36.6 Å². The van der Waals surface area contributed by atoms with Gasteiger partial charge in [0.1, 0.15) is 22.4 Å². The number of amides is 1. The summed E-state index contributed by atoms with van der Waals surface area (Å²) in [7, 11) is -2.47. The lowest BCUT2D eigenvalue weighted by molar-refractivity contribution is 0.0949. The largest absolute Gasteiger partial charge is 0.473 e. The van der Waals surface area contributed by atoms with E-state index in [1.165, 1.54) is 30.1 Å². The summed E-state index contributed by atoms with van der Waals surface area (Å²) in [6, 6.07) is 10.1. The zero-order valence-electron chi connectivity index (χ0n) is 18.5. The van der Waals surface area contributed by atoms with Crippen LogP contribution in [0.2, 0.25) is 0 Å². The molecule has 0 saturated heterocycles. The summed E-state index contributed by atoms with van der Waals surface area (Å²) in [4.78, 5) is 25.7. The van der Waals surface area contributed by atoms with E-state index in [9.17, 15) is 18.0 Å². The molecular weight excluding hydrogens is 474 g/mol. The highest BCUT2D eigenvalue weighted by molar-refractivity contribution is 7.91. The molecule has 178 valence electrons. The summed E-state index contributed by atoms with van der Waals surface area (Å²) in [5, 5.41) is 28.4. The molecule has 0 radical (unpaired) electrons. The van der Waals surface area contributed by atoms with E-state index in [-0.39, 0.29) is 30.1 Å². The van der Waals surface area contributed by atoms with Gasteiger partial charge in [-0.25, -0.2) is 13.1 Å². The van der Waals surface area contributed by atoms with Gasteiger partial charge in [-0.1, -0.05) is 12.1 Å². The van der Waals surface area contributed by atoms with E-state index in [0.29, 0.717) is 23.8 Å². The van der Waals surface area contributed by atoms with Crippen molar-refractivity contribution in [1.29, 1.82) is 10.5 Å². The van der Waals surface area contributed by atoms with Crippen molar-refractivity contribution in [2.45, 2.75) is 24.1 Å². The summed E-state index contributed by atoms with van der Waals surface area (Å²) < 4.78 is 32.0. The molecular formula is C22H19N7O5S. The fourth-order valence-electron chi connectivity index (χ4n) is 3.55. The van der Waals surface area contributed by atoms with Crippen LogP contribution in [-0.4, -0.2) is 40.4 Å². The van der Waals surface area contributed by atoms with Crippen molar-refractivity contribution >= 4 is 26.8 Å². The lowest BCUT2D eigenvalue weighted by Crippen LogP contribution is -2.38. The Kier molecular flexibility index (Phi) is 6.11. The topological polar surface area (TPSA) is 180 Å². The van der Waals surface area contributed by atoms with Crippen molar-refractivity contribution in [3.63, 3.8) is 0 Å². The van der Waals surface area contributed by atoms with Crippen molar-refractivity contribution in [3.8, 4) is 18.1 Å². The normalized spacial score (nSPS) is 13.9. The Balaban J connectivity index is 1.57. The van der Waals surface area contributed by atoms with Crippen LogP contribution < -0.4 is 20.3 Å². The van der Waals surface area contributed by atoms with Gasteiger partial charge in [-0.2, -0.15) is 15.6 Å². The minimum absolute atomic E-state index is 0.0647. The molecule has 1 fully saturated rings. The van der Waals surface area contributed by atoms with Crippen LogP contribution in [0.5, 0.6) is 5.88 Å². The van der Waals surface area contributed by atoms with Crippen molar-refractivity contribution in [2.24, 2.45) is 7.05 Å². The number of aromatic nitrogens is 3. The van der Waals surface area contributed by atoms with E-state index in [4.69, 9.17) is 15.3 Å². The van der Waals surface area contributed by atoms with Crippen LogP contribution in [0.25, 0.3) is 10.9 Å². The fourth-order valence-corrected chi connectivity index (χ4v) is 4.74. The highest BCUT2D eigenvalue weighted by Crippen LogP contribution is 2.43. The molecule has 1 aliphatic carbocycles. The first kappa shape index (κ1) is 23.7. The zero-order valence-corrected chi connectivity index (χ0v) is 19.3. The maximum atomic E-state index is 12.9. The van der Waals surface area contributed by atoms with Crippen molar-refractivity contribution in [2.75, 3.05) is 6.61 Å². The van der Waals surface area contributed by atoms with Crippen molar-refractivity contribution < 1.29 is 17.9 Å². The maximum absolute atomic E-state index is 12.9. The van der Waals surface area contributed by atoms with Crippen LogP contribution in [0.1, 0.15) is 34.3 Å². The smallest absolute Gasteiger partial charge is 0.263 e. The maximum Gasteiger partial charge on any atom is 0.263 e. The van der Waals surface area contributed by atoms with Crippen LogP contribution in [0.4, 0.5) is 0 Å². The average Bonchev–Trinajstić information content (AvgIpc) is 3.65. The van der Waals surface area contributed by atoms with E-state index < -0.39 is 26.2 Å². The number of nitriles is 2. The quantitative estimate of drug-likeness (QED) is 0.332. The zero-order chi connectivity index (χ0) is 25.2. The average molecular weight is 494 g/mol. The van der Waals surface area contributed by atoms with Crippen LogP contribution >= 0.6 is 0 Å². The second-order valence-corrected chi connectivity index (χ2v) is 10.1. The van der Waals surface area contributed by atoms with Crippen molar-refractivity contribution in [3.05, 3.63) is 63.6 Å². The summed E-state index contributed by atoms with van der Waals surface area (Å²) >= 11 is 0. The summed E-state index contributed by atoms with van der Waals surface area (Å²) in [6.07, 6.45) is 3.40. The van der Waals surface area contributed by atoms with Gasteiger partial charge >= 0.3 is 0 Å². The summed E-state index contributed by atoms with van der Waals surface area (Å²) in [5.74, 6) is -0.660. The molecule has 1 saturated carbocycles. The highest BCUT2D eigenvalue weighted by atomic mass is 32.2. The second kappa shape index (κ2) is 9.04. The third kappa shape index (κ3) is 4.49. The van der Waals surface area contributed by atoms with Gasteiger partial charge in [0, 0.05) is 19.0 Å². The Morgan fingerprint density at radius 1 is 1.26 bits per heavy atom. The number of carbonyl (C=O) groups is 1. The lowest BCUT2D eigenvalue weighted by atomic mass is 10.1. The minimum atomic E-state index is -3.91. The van der Waals surface area contributed by atoms with Gasteiger partial charge in [-0.15, -0.1) is 5.10 Å². The first-order valence-electron chi connectivity index (χ1n) is 10.4. The Hall–Kier alpha value is -4.49. The molecule has 0 spiro atoms. The standard InChI is InChI=1S/C22H19N7O5S/c1-29-18-16(11-26-28-20(18)34-12-22(6-7-22)35(32,33)27-13-24)8-17(21(29)31)19(30)25-10-15-4-2-14(9-23)3-5-15/h2-5,8,11,27H,6-7,10,12H2,1H3,(H,25,30). The Morgan fingerprint density at radius 2 is 1.97 bits per heavy atom. The lowest BCUT2D eigenvalue weighted by Gasteiger charge is -2.16.